The highest BCUT2D eigenvalue weighted by molar-refractivity contribution is 6.42. The number of carbonyl (C=O) groups excluding carboxylic acids is 2. The zero-order chi connectivity index (χ0) is 12.3. The molecule has 0 spiro atoms. The molecule has 0 radical (unpaired) electrons. The first-order valence-corrected chi connectivity index (χ1v) is 4.65. The van der Waals surface area contributed by atoms with Crippen LogP contribution in [0.2, 0.25) is 5.02 Å². The summed E-state index contributed by atoms with van der Waals surface area (Å²) < 4.78 is 0. The number of carboxylic acids is 1. The summed E-state index contributed by atoms with van der Waals surface area (Å²) >= 11 is 5.73. The van der Waals surface area contributed by atoms with Gasteiger partial charge < -0.3 is 10.4 Å². The number of hydrogen-bond acceptors (Lipinski definition) is 3. The van der Waals surface area contributed by atoms with Crippen LogP contribution < -0.4 is 5.32 Å². The summed E-state index contributed by atoms with van der Waals surface area (Å²) in [5, 5.41) is 11.1. The molecule has 84 valence electrons. The second-order valence-corrected chi connectivity index (χ2v) is 3.39. The molecule has 0 saturated heterocycles. The highest BCUT2D eigenvalue weighted by atomic mass is 35.5. The van der Waals surface area contributed by atoms with Crippen LogP contribution >= 0.6 is 11.6 Å². The largest absolute Gasteiger partial charge is 0.478 e. The predicted molar refractivity (Wildman–Crippen MR) is 57.7 cm³/mol. The van der Waals surface area contributed by atoms with E-state index in [1.807, 2.05) is 0 Å². The van der Waals surface area contributed by atoms with Crippen molar-refractivity contribution in [2.24, 2.45) is 0 Å². The van der Waals surface area contributed by atoms with Gasteiger partial charge in [-0.15, -0.1) is 0 Å². The molecule has 0 aromatic heterocycles. The van der Waals surface area contributed by atoms with Crippen molar-refractivity contribution in [3.63, 3.8) is 0 Å². The molecule has 16 heavy (non-hydrogen) atoms. The second kappa shape index (κ2) is 4.76. The van der Waals surface area contributed by atoms with Gasteiger partial charge in [-0.05, 0) is 12.1 Å². The number of amides is 1. The fourth-order valence-corrected chi connectivity index (χ4v) is 1.25. The fraction of sp³-hybridized carbons (Fsp3) is 0.100. The maximum atomic E-state index is 11.1. The molecule has 1 aromatic carbocycles. The first-order chi connectivity index (χ1) is 7.43. The standard InChI is InChI=1S/C10H8ClNO4/c1-5(13)9(14)12-8-6(10(15)16)3-2-4-7(8)11/h2-4H,1H3,(H,12,14)(H,15,16). The van der Waals surface area contributed by atoms with Gasteiger partial charge in [-0.3, -0.25) is 9.59 Å². The molecule has 1 rings (SSSR count). The molecule has 1 amide bonds. The second-order valence-electron chi connectivity index (χ2n) is 2.98. The number of Topliss-reactive ketones (excluding diaryl/α,β-unsaturated/α-hetero) is 1. The summed E-state index contributed by atoms with van der Waals surface area (Å²) in [4.78, 5) is 32.7. The monoisotopic (exact) mass is 241 g/mol. The number of halogens is 1. The molecular formula is C10H8ClNO4. The molecular weight excluding hydrogens is 234 g/mol. The van der Waals surface area contributed by atoms with Gasteiger partial charge in [0.1, 0.15) is 0 Å². The van der Waals surface area contributed by atoms with Crippen molar-refractivity contribution >= 4 is 34.9 Å². The van der Waals surface area contributed by atoms with Crippen molar-refractivity contribution in [2.45, 2.75) is 6.92 Å². The van der Waals surface area contributed by atoms with Crippen LogP contribution in [0.4, 0.5) is 5.69 Å². The minimum Gasteiger partial charge on any atom is -0.478 e. The molecule has 0 unspecified atom stereocenters. The van der Waals surface area contributed by atoms with Crippen LogP contribution in [0.1, 0.15) is 17.3 Å². The van der Waals surface area contributed by atoms with Gasteiger partial charge in [0, 0.05) is 6.92 Å². The lowest BCUT2D eigenvalue weighted by molar-refractivity contribution is -0.133. The first-order valence-electron chi connectivity index (χ1n) is 4.27. The van der Waals surface area contributed by atoms with Gasteiger partial charge in [0.25, 0.3) is 5.91 Å². The molecule has 0 atom stereocenters. The van der Waals surface area contributed by atoms with Gasteiger partial charge in [-0.2, -0.15) is 0 Å². The average Bonchev–Trinajstić information content (AvgIpc) is 2.20. The third kappa shape index (κ3) is 2.58. The molecule has 0 aliphatic rings. The number of para-hydroxylation sites is 1. The van der Waals surface area contributed by atoms with Crippen LogP contribution in [-0.2, 0) is 9.59 Å². The van der Waals surface area contributed by atoms with E-state index in [2.05, 4.69) is 5.32 Å². The Kier molecular flexibility index (Phi) is 3.63. The number of aromatic carboxylic acids is 1. The number of benzene rings is 1. The van der Waals surface area contributed by atoms with Crippen LogP contribution in [0.25, 0.3) is 0 Å². The van der Waals surface area contributed by atoms with Crippen molar-refractivity contribution in [1.82, 2.24) is 0 Å². The van der Waals surface area contributed by atoms with E-state index in [-0.39, 0.29) is 16.3 Å². The van der Waals surface area contributed by atoms with Crippen molar-refractivity contribution in [2.75, 3.05) is 5.32 Å². The van der Waals surface area contributed by atoms with E-state index in [1.54, 1.807) is 0 Å². The van der Waals surface area contributed by atoms with Gasteiger partial charge in [0.05, 0.1) is 16.3 Å². The van der Waals surface area contributed by atoms with Crippen LogP contribution in [-0.4, -0.2) is 22.8 Å². The minimum absolute atomic E-state index is 0.0644. The maximum absolute atomic E-state index is 11.1. The van der Waals surface area contributed by atoms with Crippen molar-refractivity contribution in [3.05, 3.63) is 28.8 Å². The molecule has 0 fully saturated rings. The summed E-state index contributed by atoms with van der Waals surface area (Å²) in [5.74, 6) is -2.87. The van der Waals surface area contributed by atoms with Crippen LogP contribution in [0.3, 0.4) is 0 Å². The van der Waals surface area contributed by atoms with Crippen LogP contribution in [0, 0.1) is 0 Å². The van der Waals surface area contributed by atoms with Gasteiger partial charge in [0.2, 0.25) is 5.78 Å². The molecule has 1 aromatic rings. The number of carbonyl (C=O) groups is 3. The molecule has 0 aliphatic heterocycles. The summed E-state index contributed by atoms with van der Waals surface area (Å²) in [6.45, 7) is 1.08. The Labute approximate surface area is 96.0 Å². The number of anilines is 1. The third-order valence-corrected chi connectivity index (χ3v) is 2.12. The van der Waals surface area contributed by atoms with Gasteiger partial charge in [-0.1, -0.05) is 17.7 Å². The van der Waals surface area contributed by atoms with E-state index in [0.717, 1.165) is 6.92 Å². The van der Waals surface area contributed by atoms with E-state index in [1.165, 1.54) is 18.2 Å². The summed E-state index contributed by atoms with van der Waals surface area (Å²) in [6.07, 6.45) is 0. The van der Waals surface area contributed by atoms with Gasteiger partial charge in [0.15, 0.2) is 0 Å². The molecule has 5 nitrogen and oxygen atoms in total. The molecule has 0 saturated carbocycles. The Balaban J connectivity index is 3.16. The van der Waals surface area contributed by atoms with E-state index in [9.17, 15) is 14.4 Å². The number of rotatable bonds is 3. The molecule has 2 N–H and O–H groups in total. The number of carboxylic acid groups (broad SMARTS) is 1. The molecule has 0 bridgehead atoms. The number of nitrogens with one attached hydrogen (secondary N) is 1. The first kappa shape index (κ1) is 12.2. The highest BCUT2D eigenvalue weighted by Crippen LogP contribution is 2.25. The van der Waals surface area contributed by atoms with E-state index in [0.29, 0.717) is 0 Å². The lowest BCUT2D eigenvalue weighted by Crippen LogP contribution is -2.21. The zero-order valence-electron chi connectivity index (χ0n) is 8.28. The Morgan fingerprint density at radius 1 is 1.31 bits per heavy atom. The van der Waals surface area contributed by atoms with Crippen LogP contribution in [0.15, 0.2) is 18.2 Å². The lowest BCUT2D eigenvalue weighted by Gasteiger charge is -2.08. The van der Waals surface area contributed by atoms with Crippen molar-refractivity contribution in [3.8, 4) is 0 Å². The topological polar surface area (TPSA) is 83.5 Å². The highest BCUT2D eigenvalue weighted by Gasteiger charge is 2.17. The normalized spacial score (nSPS) is 9.62. The number of hydrogen-bond donors (Lipinski definition) is 2. The summed E-state index contributed by atoms with van der Waals surface area (Å²) in [7, 11) is 0. The fourth-order valence-electron chi connectivity index (χ4n) is 1.03. The predicted octanol–water partition coefficient (Wildman–Crippen LogP) is 1.57. The molecule has 6 heteroatoms. The summed E-state index contributed by atoms with van der Waals surface area (Å²) in [5.41, 5.74) is -0.237. The van der Waals surface area contributed by atoms with E-state index >= 15 is 0 Å². The minimum atomic E-state index is -1.23. The Bertz CT molecular complexity index is 470. The summed E-state index contributed by atoms with van der Waals surface area (Å²) in [6, 6.07) is 4.14. The molecule has 0 aliphatic carbocycles. The number of ketones is 1. The Hall–Kier alpha value is -1.88. The lowest BCUT2D eigenvalue weighted by atomic mass is 10.1. The smallest absolute Gasteiger partial charge is 0.337 e. The quantitative estimate of drug-likeness (QED) is 0.787. The SMILES string of the molecule is CC(=O)C(=O)Nc1c(Cl)cccc1C(=O)O. The Morgan fingerprint density at radius 3 is 2.44 bits per heavy atom. The maximum Gasteiger partial charge on any atom is 0.337 e. The van der Waals surface area contributed by atoms with Gasteiger partial charge in [-0.25, -0.2) is 4.79 Å². The zero-order valence-corrected chi connectivity index (χ0v) is 9.04. The molecule has 0 heterocycles. The van der Waals surface area contributed by atoms with Crippen molar-refractivity contribution < 1.29 is 19.5 Å². The Morgan fingerprint density at radius 2 is 1.94 bits per heavy atom. The third-order valence-electron chi connectivity index (χ3n) is 1.80. The average molecular weight is 242 g/mol. The van der Waals surface area contributed by atoms with E-state index in [4.69, 9.17) is 16.7 Å². The van der Waals surface area contributed by atoms with Gasteiger partial charge >= 0.3 is 5.97 Å². The van der Waals surface area contributed by atoms with E-state index < -0.39 is 17.7 Å². The van der Waals surface area contributed by atoms with Crippen LogP contribution in [0.5, 0.6) is 0 Å². The van der Waals surface area contributed by atoms with Crippen molar-refractivity contribution in [1.29, 1.82) is 0 Å².